The van der Waals surface area contributed by atoms with Crippen molar-refractivity contribution in [2.75, 3.05) is 5.32 Å². The molecule has 2 aliphatic carbocycles. The third-order valence-corrected chi connectivity index (χ3v) is 4.83. The molecule has 0 aromatic heterocycles. The average Bonchev–Trinajstić information content (AvgIpc) is 2.93. The first-order valence-corrected chi connectivity index (χ1v) is 7.06. The Labute approximate surface area is 114 Å². The van der Waals surface area contributed by atoms with Gasteiger partial charge in [0.25, 0.3) is 0 Å². The normalized spacial score (nSPS) is 31.7. The van der Waals surface area contributed by atoms with Crippen LogP contribution in [0.3, 0.4) is 0 Å². The Bertz CT molecular complexity index is 560. The van der Waals surface area contributed by atoms with Crippen molar-refractivity contribution < 1.29 is 4.79 Å². The number of fused-ring (bicyclic) bond motifs is 2. The van der Waals surface area contributed by atoms with Crippen molar-refractivity contribution in [3.05, 3.63) is 41.5 Å². The van der Waals surface area contributed by atoms with Crippen LogP contribution in [0.1, 0.15) is 30.9 Å². The standard InChI is InChI=1S/C17H21NO/c1-11-4-7-15(12(2)8-11)18-16(19)17(3)10-13-5-6-14(17)9-13/h4-8,13-14H,9-10H2,1-3H3,(H,18,19)/t13-,14-,17-/m0/s1. The first kappa shape index (κ1) is 12.5. The monoisotopic (exact) mass is 255 g/mol. The Hall–Kier alpha value is -1.57. The van der Waals surface area contributed by atoms with Gasteiger partial charge in [-0.1, -0.05) is 36.8 Å². The summed E-state index contributed by atoms with van der Waals surface area (Å²) in [5.41, 5.74) is 3.08. The van der Waals surface area contributed by atoms with E-state index in [0.29, 0.717) is 11.8 Å². The highest BCUT2D eigenvalue weighted by Gasteiger charge is 2.49. The molecular weight excluding hydrogens is 234 g/mol. The molecule has 1 aromatic rings. The summed E-state index contributed by atoms with van der Waals surface area (Å²) in [7, 11) is 0. The van der Waals surface area contributed by atoms with Crippen LogP contribution < -0.4 is 5.32 Å². The van der Waals surface area contributed by atoms with E-state index in [1.165, 1.54) is 5.56 Å². The molecule has 2 bridgehead atoms. The van der Waals surface area contributed by atoms with E-state index in [2.05, 4.69) is 37.4 Å². The summed E-state index contributed by atoms with van der Waals surface area (Å²) < 4.78 is 0. The summed E-state index contributed by atoms with van der Waals surface area (Å²) in [5, 5.41) is 3.13. The van der Waals surface area contributed by atoms with Gasteiger partial charge >= 0.3 is 0 Å². The second-order valence-corrected chi connectivity index (χ2v) is 6.38. The van der Waals surface area contributed by atoms with Crippen LogP contribution in [0.25, 0.3) is 0 Å². The predicted octanol–water partition coefficient (Wildman–Crippen LogP) is 3.84. The topological polar surface area (TPSA) is 29.1 Å². The Balaban J connectivity index is 1.80. The molecule has 2 nitrogen and oxygen atoms in total. The minimum Gasteiger partial charge on any atom is -0.325 e. The zero-order chi connectivity index (χ0) is 13.6. The summed E-state index contributed by atoms with van der Waals surface area (Å²) in [6.45, 7) is 6.23. The molecule has 1 N–H and O–H groups in total. The second kappa shape index (κ2) is 4.22. The predicted molar refractivity (Wildman–Crippen MR) is 78.0 cm³/mol. The highest BCUT2D eigenvalue weighted by Crippen LogP contribution is 2.52. The lowest BCUT2D eigenvalue weighted by Gasteiger charge is -2.30. The minimum atomic E-state index is -0.225. The molecule has 0 aliphatic heterocycles. The van der Waals surface area contributed by atoms with Crippen LogP contribution >= 0.6 is 0 Å². The van der Waals surface area contributed by atoms with E-state index in [0.717, 1.165) is 24.1 Å². The Kier molecular flexibility index (Phi) is 2.77. The maximum absolute atomic E-state index is 12.6. The van der Waals surface area contributed by atoms with Gasteiger partial charge in [0.15, 0.2) is 0 Å². The molecule has 0 saturated heterocycles. The molecule has 1 saturated carbocycles. The van der Waals surface area contributed by atoms with E-state index in [1.807, 2.05) is 19.1 Å². The lowest BCUT2D eigenvalue weighted by molar-refractivity contribution is -0.126. The number of nitrogens with one attached hydrogen (secondary N) is 1. The van der Waals surface area contributed by atoms with E-state index in [-0.39, 0.29) is 11.3 Å². The van der Waals surface area contributed by atoms with E-state index in [4.69, 9.17) is 0 Å². The molecule has 1 aromatic carbocycles. The van der Waals surface area contributed by atoms with Crippen molar-refractivity contribution in [1.29, 1.82) is 0 Å². The number of hydrogen-bond donors (Lipinski definition) is 1. The number of benzene rings is 1. The summed E-state index contributed by atoms with van der Waals surface area (Å²) in [5.74, 6) is 1.21. The van der Waals surface area contributed by atoms with Crippen molar-refractivity contribution in [3.8, 4) is 0 Å². The fourth-order valence-corrected chi connectivity index (χ4v) is 3.57. The van der Waals surface area contributed by atoms with Crippen molar-refractivity contribution in [3.63, 3.8) is 0 Å². The highest BCUT2D eigenvalue weighted by molar-refractivity contribution is 5.96. The lowest BCUT2D eigenvalue weighted by Crippen LogP contribution is -2.37. The zero-order valence-electron chi connectivity index (χ0n) is 11.9. The van der Waals surface area contributed by atoms with Crippen molar-refractivity contribution in [1.82, 2.24) is 0 Å². The Morgan fingerprint density at radius 1 is 1.32 bits per heavy atom. The minimum absolute atomic E-state index is 0.177. The van der Waals surface area contributed by atoms with E-state index in [9.17, 15) is 4.79 Å². The number of carbonyl (C=O) groups is 1. The largest absolute Gasteiger partial charge is 0.325 e. The third kappa shape index (κ3) is 1.99. The summed E-state index contributed by atoms with van der Waals surface area (Å²) >= 11 is 0. The van der Waals surface area contributed by atoms with E-state index < -0.39 is 0 Å². The van der Waals surface area contributed by atoms with Crippen LogP contribution in [0, 0.1) is 31.1 Å². The van der Waals surface area contributed by atoms with Gasteiger partial charge in [0.05, 0.1) is 5.41 Å². The van der Waals surface area contributed by atoms with Gasteiger partial charge in [-0.25, -0.2) is 0 Å². The number of aryl methyl sites for hydroxylation is 2. The van der Waals surface area contributed by atoms with Gasteiger partial charge in [0, 0.05) is 5.69 Å². The van der Waals surface area contributed by atoms with Crippen LogP contribution in [-0.2, 0) is 4.79 Å². The molecular formula is C17H21NO. The highest BCUT2D eigenvalue weighted by atomic mass is 16.2. The Morgan fingerprint density at radius 3 is 2.68 bits per heavy atom. The number of allylic oxidation sites excluding steroid dienone is 2. The molecule has 0 heterocycles. The van der Waals surface area contributed by atoms with Crippen LogP contribution in [0.2, 0.25) is 0 Å². The molecule has 0 unspecified atom stereocenters. The molecule has 19 heavy (non-hydrogen) atoms. The molecule has 0 spiro atoms. The number of hydrogen-bond acceptors (Lipinski definition) is 1. The third-order valence-electron chi connectivity index (χ3n) is 4.83. The van der Waals surface area contributed by atoms with Crippen LogP contribution in [0.5, 0.6) is 0 Å². The van der Waals surface area contributed by atoms with E-state index >= 15 is 0 Å². The quantitative estimate of drug-likeness (QED) is 0.799. The average molecular weight is 255 g/mol. The number of rotatable bonds is 2. The SMILES string of the molecule is Cc1ccc(NC(=O)[C@@]2(C)C[C@H]3C=C[C@H]2C3)c(C)c1. The molecule has 3 rings (SSSR count). The van der Waals surface area contributed by atoms with Crippen LogP contribution in [-0.4, -0.2) is 5.91 Å². The first-order chi connectivity index (χ1) is 8.99. The number of amides is 1. The molecule has 1 fully saturated rings. The smallest absolute Gasteiger partial charge is 0.230 e. The van der Waals surface area contributed by atoms with Crippen LogP contribution in [0.15, 0.2) is 30.4 Å². The van der Waals surface area contributed by atoms with Crippen molar-refractivity contribution in [2.24, 2.45) is 17.3 Å². The molecule has 0 radical (unpaired) electrons. The molecule has 2 aliphatic rings. The summed E-state index contributed by atoms with van der Waals surface area (Å²) in [6.07, 6.45) is 6.65. The fourth-order valence-electron chi connectivity index (χ4n) is 3.57. The maximum Gasteiger partial charge on any atom is 0.230 e. The van der Waals surface area contributed by atoms with Gasteiger partial charge in [-0.05, 0) is 50.2 Å². The van der Waals surface area contributed by atoms with Crippen LogP contribution in [0.4, 0.5) is 5.69 Å². The lowest BCUT2D eigenvalue weighted by atomic mass is 9.76. The first-order valence-electron chi connectivity index (χ1n) is 7.06. The zero-order valence-corrected chi connectivity index (χ0v) is 11.9. The van der Waals surface area contributed by atoms with Gasteiger partial charge in [0.1, 0.15) is 0 Å². The van der Waals surface area contributed by atoms with E-state index in [1.54, 1.807) is 0 Å². The number of anilines is 1. The fraction of sp³-hybridized carbons (Fsp3) is 0.471. The molecule has 100 valence electrons. The van der Waals surface area contributed by atoms with Gasteiger partial charge in [0.2, 0.25) is 5.91 Å². The Morgan fingerprint density at radius 2 is 2.11 bits per heavy atom. The summed E-state index contributed by atoms with van der Waals surface area (Å²) in [6, 6.07) is 6.17. The molecule has 3 atom stereocenters. The second-order valence-electron chi connectivity index (χ2n) is 6.38. The molecule has 2 heteroatoms. The van der Waals surface area contributed by atoms with Gasteiger partial charge in [-0.2, -0.15) is 0 Å². The van der Waals surface area contributed by atoms with Crippen molar-refractivity contribution in [2.45, 2.75) is 33.6 Å². The number of carbonyl (C=O) groups excluding carboxylic acids is 1. The van der Waals surface area contributed by atoms with Crippen molar-refractivity contribution >= 4 is 11.6 Å². The van der Waals surface area contributed by atoms with Gasteiger partial charge < -0.3 is 5.32 Å². The van der Waals surface area contributed by atoms with Gasteiger partial charge in [-0.15, -0.1) is 0 Å². The summed E-state index contributed by atoms with van der Waals surface area (Å²) in [4.78, 5) is 12.6. The maximum atomic E-state index is 12.6. The molecule has 1 amide bonds. The van der Waals surface area contributed by atoms with Gasteiger partial charge in [-0.3, -0.25) is 4.79 Å².